The van der Waals surface area contributed by atoms with Crippen LogP contribution in [0.25, 0.3) is 0 Å². The van der Waals surface area contributed by atoms with Crippen molar-refractivity contribution in [3.8, 4) is 0 Å². The number of benzene rings is 1. The zero-order valence-electron chi connectivity index (χ0n) is 27.1. The van der Waals surface area contributed by atoms with Gasteiger partial charge in [0, 0.05) is 76.3 Å². The van der Waals surface area contributed by atoms with E-state index in [1.54, 1.807) is 23.1 Å². The van der Waals surface area contributed by atoms with Gasteiger partial charge in [-0.25, -0.2) is 9.97 Å². The molecule has 0 unspecified atom stereocenters. The number of anilines is 2. The molecule has 11 nitrogen and oxygen atoms in total. The van der Waals surface area contributed by atoms with Crippen LogP contribution in [0.15, 0.2) is 36.5 Å². The van der Waals surface area contributed by atoms with E-state index in [4.69, 9.17) is 9.72 Å². The molecule has 248 valence electrons. The summed E-state index contributed by atoms with van der Waals surface area (Å²) in [5, 5.41) is 6.76. The van der Waals surface area contributed by atoms with Crippen molar-refractivity contribution in [2.45, 2.75) is 66.3 Å². The Morgan fingerprint density at radius 3 is 2.53 bits per heavy atom. The molecule has 2 aliphatic heterocycles. The van der Waals surface area contributed by atoms with Gasteiger partial charge in [0.05, 0.1) is 5.92 Å². The number of methoxy groups -OCH3 is 1. The molecule has 1 aromatic carbocycles. The average molecular weight is 624 g/mol. The van der Waals surface area contributed by atoms with Crippen LogP contribution < -0.4 is 15.5 Å². The van der Waals surface area contributed by atoms with Gasteiger partial charge in [0.15, 0.2) is 0 Å². The maximum absolute atomic E-state index is 14.3. The molecule has 1 aromatic heterocycles. The maximum atomic E-state index is 14.3. The molecule has 0 bridgehead atoms. The second-order valence-electron chi connectivity index (χ2n) is 13.2. The molecule has 11 heteroatoms. The van der Waals surface area contributed by atoms with Crippen LogP contribution in [0.5, 0.6) is 0 Å². The highest BCUT2D eigenvalue weighted by molar-refractivity contribution is 5.99. The Kier molecular flexibility index (Phi) is 12.9. The monoisotopic (exact) mass is 623 g/mol. The Bertz CT molecular complexity index is 1280. The second kappa shape index (κ2) is 16.1. The first-order valence-corrected chi connectivity index (χ1v) is 15.8. The summed E-state index contributed by atoms with van der Waals surface area (Å²) in [6.45, 7) is 14.1. The Balaban J connectivity index is 0.00000552. The van der Waals surface area contributed by atoms with Crippen LogP contribution in [0.1, 0.15) is 71.1 Å². The maximum Gasteiger partial charge on any atom is 0.259 e. The predicted molar refractivity (Wildman–Crippen MR) is 178 cm³/mol. The third-order valence-electron chi connectivity index (χ3n) is 8.05. The number of ether oxygens (including phenoxy) is 1. The number of para-hydroxylation sites is 1. The summed E-state index contributed by atoms with van der Waals surface area (Å²) < 4.78 is 5.19. The number of rotatable bonds is 11. The van der Waals surface area contributed by atoms with Gasteiger partial charge in [0.1, 0.15) is 23.8 Å². The summed E-state index contributed by atoms with van der Waals surface area (Å²) in [4.78, 5) is 55.6. The topological polar surface area (TPSA) is 120 Å². The Hall–Kier alpha value is -3.57. The van der Waals surface area contributed by atoms with E-state index in [0.29, 0.717) is 69.5 Å². The third kappa shape index (κ3) is 9.23. The summed E-state index contributed by atoms with van der Waals surface area (Å²) in [6, 6.07) is 9.36. The van der Waals surface area contributed by atoms with Crippen LogP contribution in [0, 0.1) is 11.8 Å². The molecule has 4 rings (SSSR count). The molecule has 45 heavy (non-hydrogen) atoms. The molecule has 3 amide bonds. The lowest BCUT2D eigenvalue weighted by Crippen LogP contribution is -2.58. The van der Waals surface area contributed by atoms with Crippen LogP contribution in [-0.2, 0) is 19.7 Å². The van der Waals surface area contributed by atoms with Gasteiger partial charge in [-0.05, 0) is 30.9 Å². The number of hydrogen-bond acceptors (Lipinski definition) is 8. The van der Waals surface area contributed by atoms with Crippen LogP contribution in [-0.4, -0.2) is 103 Å². The minimum absolute atomic E-state index is 0. The molecule has 2 aromatic rings. The molecule has 2 N–H and O–H groups in total. The van der Waals surface area contributed by atoms with E-state index in [1.165, 1.54) is 0 Å². The number of carbonyl (C=O) groups is 3. The summed E-state index contributed by atoms with van der Waals surface area (Å²) in [5.74, 6) is 0.775. The highest BCUT2D eigenvalue weighted by atomic mass is 16.5. The van der Waals surface area contributed by atoms with Crippen molar-refractivity contribution in [3.05, 3.63) is 47.9 Å². The number of piperazine rings is 1. The van der Waals surface area contributed by atoms with Crippen molar-refractivity contribution in [2.24, 2.45) is 11.8 Å². The van der Waals surface area contributed by atoms with E-state index < -0.39 is 0 Å². The highest BCUT2D eigenvalue weighted by Gasteiger charge is 2.38. The number of nitrogens with zero attached hydrogens (tertiary/aromatic N) is 5. The number of aromatic nitrogens is 2. The average Bonchev–Trinajstić information content (AvgIpc) is 3.01. The lowest BCUT2D eigenvalue weighted by atomic mass is 9.92. The minimum Gasteiger partial charge on any atom is -0.385 e. The van der Waals surface area contributed by atoms with Gasteiger partial charge in [-0.1, -0.05) is 60.2 Å². The lowest BCUT2D eigenvalue weighted by Gasteiger charge is -2.41. The largest absolute Gasteiger partial charge is 0.385 e. The van der Waals surface area contributed by atoms with Crippen LogP contribution in [0.3, 0.4) is 0 Å². The van der Waals surface area contributed by atoms with Gasteiger partial charge in [-0.3, -0.25) is 14.4 Å². The van der Waals surface area contributed by atoms with E-state index >= 15 is 0 Å². The Morgan fingerprint density at radius 2 is 1.89 bits per heavy atom. The summed E-state index contributed by atoms with van der Waals surface area (Å²) in [7, 11) is 1.67. The molecular weight excluding hydrogens is 570 g/mol. The molecule has 0 spiro atoms. The first kappa shape index (κ1) is 35.9. The standard InChI is InChI=1S/C33H49N7O4.CH4/c1-23(2)21-40(31(43)27-20-36-32(33(3,4)5)37-29(27)35-13-10-16-44-6)26-17-24(18-34-19-26)30(42)38-14-15-39(28(41)22-38)25-11-8-7-9-12-25;/h7-9,11-12,20,23-24,26,34H,10,13-19,21-22H2,1-6H3,(H,35,36,37);1H4/t24-,26+;/m1./s1. The van der Waals surface area contributed by atoms with E-state index in [2.05, 4.69) is 29.5 Å². The molecular formula is C34H53N7O4. The van der Waals surface area contributed by atoms with Crippen molar-refractivity contribution in [3.63, 3.8) is 0 Å². The zero-order chi connectivity index (χ0) is 31.9. The van der Waals surface area contributed by atoms with Gasteiger partial charge >= 0.3 is 0 Å². The molecule has 2 atom stereocenters. The molecule has 3 heterocycles. The summed E-state index contributed by atoms with van der Waals surface area (Å²) >= 11 is 0. The second-order valence-corrected chi connectivity index (χ2v) is 13.2. The van der Waals surface area contributed by atoms with Crippen LogP contribution >= 0.6 is 0 Å². The first-order valence-electron chi connectivity index (χ1n) is 15.8. The van der Waals surface area contributed by atoms with Crippen molar-refractivity contribution >= 4 is 29.2 Å². The lowest BCUT2D eigenvalue weighted by molar-refractivity contribution is -0.141. The van der Waals surface area contributed by atoms with E-state index in [-0.39, 0.29) is 55.0 Å². The Morgan fingerprint density at radius 1 is 1.16 bits per heavy atom. The SMILES string of the molecule is C.COCCCNc1nc(C(C)(C)C)ncc1C(=O)N(CC(C)C)[C@@H]1CNC[C@H](C(=O)N2CCN(c3ccccc3)C(=O)C2)C1. The fraction of sp³-hybridized carbons (Fsp3) is 0.618. The fourth-order valence-electron chi connectivity index (χ4n) is 5.75. The smallest absolute Gasteiger partial charge is 0.259 e. The van der Waals surface area contributed by atoms with Crippen LogP contribution in [0.2, 0.25) is 0 Å². The van der Waals surface area contributed by atoms with Crippen molar-refractivity contribution < 1.29 is 19.1 Å². The van der Waals surface area contributed by atoms with Gasteiger partial charge in [-0.15, -0.1) is 0 Å². The van der Waals surface area contributed by atoms with E-state index in [9.17, 15) is 14.4 Å². The molecule has 2 fully saturated rings. The quantitative estimate of drug-likeness (QED) is 0.363. The van der Waals surface area contributed by atoms with Gasteiger partial charge < -0.3 is 30.1 Å². The minimum atomic E-state index is -0.335. The van der Waals surface area contributed by atoms with Crippen LogP contribution in [0.4, 0.5) is 11.5 Å². The van der Waals surface area contributed by atoms with Gasteiger partial charge in [0.25, 0.3) is 5.91 Å². The van der Waals surface area contributed by atoms with Crippen molar-refractivity contribution in [2.75, 3.05) is 69.7 Å². The third-order valence-corrected chi connectivity index (χ3v) is 8.05. The number of amides is 3. The predicted octanol–water partition coefficient (Wildman–Crippen LogP) is 3.81. The van der Waals surface area contributed by atoms with Crippen molar-refractivity contribution in [1.29, 1.82) is 0 Å². The zero-order valence-corrected chi connectivity index (χ0v) is 27.1. The number of piperidine rings is 1. The van der Waals surface area contributed by atoms with Gasteiger partial charge in [0.2, 0.25) is 11.8 Å². The first-order chi connectivity index (χ1) is 21.0. The molecule has 0 radical (unpaired) electrons. The fourth-order valence-corrected chi connectivity index (χ4v) is 5.75. The van der Waals surface area contributed by atoms with Crippen molar-refractivity contribution in [1.82, 2.24) is 25.1 Å². The normalized spacial score (nSPS) is 18.9. The molecule has 2 saturated heterocycles. The molecule has 2 aliphatic rings. The Labute approximate surface area is 269 Å². The summed E-state index contributed by atoms with van der Waals surface area (Å²) in [5.41, 5.74) is 0.989. The number of hydrogen-bond donors (Lipinski definition) is 2. The number of nitrogens with one attached hydrogen (secondary N) is 2. The molecule has 0 saturated carbocycles. The van der Waals surface area contributed by atoms with E-state index in [1.807, 2.05) is 56.0 Å². The molecule has 0 aliphatic carbocycles. The van der Waals surface area contributed by atoms with E-state index in [0.717, 1.165) is 12.1 Å². The van der Waals surface area contributed by atoms with Gasteiger partial charge in [-0.2, -0.15) is 0 Å². The highest BCUT2D eigenvalue weighted by Crippen LogP contribution is 2.27. The number of carbonyl (C=O) groups excluding carboxylic acids is 3. The summed E-state index contributed by atoms with van der Waals surface area (Å²) in [6.07, 6.45) is 2.93.